The lowest BCUT2D eigenvalue weighted by atomic mass is 9.93. The van der Waals surface area contributed by atoms with Crippen LogP contribution in [0.1, 0.15) is 19.8 Å². The highest BCUT2D eigenvalue weighted by molar-refractivity contribution is 4.81. The van der Waals surface area contributed by atoms with E-state index in [1.54, 1.807) is 6.92 Å². The van der Waals surface area contributed by atoms with Crippen LogP contribution in [0.4, 0.5) is 0 Å². The molecule has 0 aliphatic carbocycles. The molecule has 0 aromatic heterocycles. The molecule has 0 saturated carbocycles. The van der Waals surface area contributed by atoms with E-state index in [0.29, 0.717) is 0 Å². The smallest absolute Gasteiger partial charge is 0.111 e. The highest BCUT2D eigenvalue weighted by Gasteiger charge is 2.30. The fraction of sp³-hybridized carbons (Fsp3) is 1.00. The molecule has 0 amide bonds. The molecule has 0 radical (unpaired) electrons. The van der Waals surface area contributed by atoms with Crippen molar-refractivity contribution in [3.63, 3.8) is 0 Å². The van der Waals surface area contributed by atoms with Crippen molar-refractivity contribution in [1.82, 2.24) is 0 Å². The van der Waals surface area contributed by atoms with Gasteiger partial charge in [0.1, 0.15) is 79.4 Å². The zero-order chi connectivity index (χ0) is 49.0. The molecule has 374 valence electrons. The Morgan fingerprint density at radius 2 is 0.417 bits per heavy atom. The van der Waals surface area contributed by atoms with Gasteiger partial charge in [-0.05, 0) is 19.8 Å². The van der Waals surface area contributed by atoms with Crippen molar-refractivity contribution >= 4 is 0 Å². The van der Waals surface area contributed by atoms with Crippen LogP contribution in [0.2, 0.25) is 0 Å². The second-order valence-electron chi connectivity index (χ2n) is 12.1. The lowest BCUT2D eigenvalue weighted by Gasteiger charge is -2.24. The molecule has 0 fully saturated rings. The van der Waals surface area contributed by atoms with Crippen LogP contribution in [-0.4, -0.2) is 321 Å². The van der Waals surface area contributed by atoms with Gasteiger partial charge in [0.15, 0.2) is 0 Å². The second kappa shape index (κ2) is 50.5. The van der Waals surface area contributed by atoms with Gasteiger partial charge in [-0.25, -0.2) is 0 Å². The summed E-state index contributed by atoms with van der Waals surface area (Å²) in [7, 11) is 0. The third-order valence-corrected chi connectivity index (χ3v) is 6.91. The molecular formula is C32H78O28. The Morgan fingerprint density at radius 3 is 0.517 bits per heavy atom. The fourth-order valence-corrected chi connectivity index (χ4v) is 2.58. The van der Waals surface area contributed by atoms with Crippen LogP contribution < -0.4 is 0 Å². The Hall–Kier alpha value is -1.12. The van der Waals surface area contributed by atoms with Crippen LogP contribution in [-0.2, 0) is 0 Å². The summed E-state index contributed by atoms with van der Waals surface area (Å²) in [6.07, 6.45) is -18.1. The summed E-state index contributed by atoms with van der Waals surface area (Å²) in [4.78, 5) is 0. The highest BCUT2D eigenvalue weighted by atomic mass is 16.4. The summed E-state index contributed by atoms with van der Waals surface area (Å²) in [6.45, 7) is -4.54. The van der Waals surface area contributed by atoms with Gasteiger partial charge < -0.3 is 143 Å². The predicted molar refractivity (Wildman–Crippen MR) is 202 cm³/mol. The van der Waals surface area contributed by atoms with E-state index in [-0.39, 0.29) is 19.8 Å². The molecule has 0 aromatic rings. The van der Waals surface area contributed by atoms with Gasteiger partial charge in [0.25, 0.3) is 0 Å². The first-order valence-corrected chi connectivity index (χ1v) is 18.0. The van der Waals surface area contributed by atoms with Crippen molar-refractivity contribution in [2.45, 2.75) is 99.1 Å². The molecule has 0 rings (SSSR count). The molecular weight excluding hydrogens is 832 g/mol. The van der Waals surface area contributed by atoms with Crippen LogP contribution in [0.15, 0.2) is 0 Å². The number of hydrogen-bond donors (Lipinski definition) is 28. The minimum atomic E-state index is -1.67. The van der Waals surface area contributed by atoms with Crippen molar-refractivity contribution in [1.29, 1.82) is 0 Å². The second-order valence-corrected chi connectivity index (χ2v) is 12.1. The number of aliphatic hydroxyl groups is 28. The maximum Gasteiger partial charge on any atom is 0.111 e. The van der Waals surface area contributed by atoms with Crippen LogP contribution >= 0.6 is 0 Å². The van der Waals surface area contributed by atoms with E-state index >= 15 is 0 Å². The SMILES string of the molecule is CCO.OCC(CO)(CO)CO.OCC(O)C(O)C(O)C(O)CO.OCCCCO.OC[C@@H](O)[C@@H](O)[C@H](O)[C@@H](O)CO.OC[C@@H](O)[C@H](O)CO.OC[C@@H](O)[C@H](O)[C@@H](O)CO. The van der Waals surface area contributed by atoms with Crippen molar-refractivity contribution in [2.75, 3.05) is 99.1 Å². The fourth-order valence-electron chi connectivity index (χ4n) is 2.58. The molecule has 28 heteroatoms. The van der Waals surface area contributed by atoms with E-state index in [9.17, 15) is 0 Å². The lowest BCUT2D eigenvalue weighted by Crippen LogP contribution is -2.46. The molecule has 60 heavy (non-hydrogen) atoms. The minimum absolute atomic E-state index is 0.195. The quantitative estimate of drug-likeness (QED) is 0.0400. The standard InChI is InChI=1S/2C6H14O6.C5H12O5.C5H12O4.C4H10O4.C4H10O2.C2H6O/c2*7-1-3(9)5(11)6(12)4(10)2-8;6-1-3(8)5(10)4(9)2-7;6-1-5(2-7,3-8)4-9;5-1-3(7)4(8)2-6;5-3-1-2-4-6;1-2-3/h2*3-12H,1-2H2;3-10H,1-2H2;6-9H,1-4H2;3-8H,1-2H2;5-6H,1-4H2;3H,2H2,1H3/t3-,4+,5-,6-;;3-,4+,5+;;3-,4-;;/m1...1../s1. The summed E-state index contributed by atoms with van der Waals surface area (Å²) >= 11 is 0. The number of aliphatic hydroxyl groups excluding tert-OH is 28. The molecule has 4 unspecified atom stereocenters. The predicted octanol–water partition coefficient (Wildman–Crippen LogP) is -14.7. The first kappa shape index (κ1) is 73.3. The highest BCUT2D eigenvalue weighted by Crippen LogP contribution is 2.12. The van der Waals surface area contributed by atoms with E-state index in [0.717, 1.165) is 12.8 Å². The van der Waals surface area contributed by atoms with Gasteiger partial charge in [0.05, 0.1) is 84.7 Å². The Morgan fingerprint density at radius 1 is 0.267 bits per heavy atom. The third-order valence-electron chi connectivity index (χ3n) is 6.91. The van der Waals surface area contributed by atoms with Gasteiger partial charge in [-0.1, -0.05) is 0 Å². The molecule has 0 bridgehead atoms. The van der Waals surface area contributed by atoms with Gasteiger partial charge in [0, 0.05) is 19.8 Å². The molecule has 0 saturated heterocycles. The van der Waals surface area contributed by atoms with Gasteiger partial charge in [-0.15, -0.1) is 0 Å². The van der Waals surface area contributed by atoms with Gasteiger partial charge >= 0.3 is 0 Å². The molecule has 0 aromatic carbocycles. The number of rotatable bonds is 24. The first-order chi connectivity index (χ1) is 28.0. The monoisotopic (exact) mass is 910 g/mol. The average Bonchev–Trinajstić information content (AvgIpc) is 3.29. The van der Waals surface area contributed by atoms with Crippen molar-refractivity contribution in [2.24, 2.45) is 5.41 Å². The molecule has 28 N–H and O–H groups in total. The van der Waals surface area contributed by atoms with Crippen LogP contribution in [0.25, 0.3) is 0 Å². The normalized spacial score (nSPS) is 17.4. The Kier molecular flexibility index (Phi) is 61.7. The molecule has 13 atom stereocenters. The van der Waals surface area contributed by atoms with E-state index < -0.39 is 164 Å². The van der Waals surface area contributed by atoms with Crippen LogP contribution in [0.5, 0.6) is 0 Å². The van der Waals surface area contributed by atoms with E-state index in [1.807, 2.05) is 0 Å². The average molecular weight is 911 g/mol. The Bertz CT molecular complexity index is 697. The first-order valence-electron chi connectivity index (χ1n) is 18.0. The van der Waals surface area contributed by atoms with Crippen molar-refractivity contribution < 1.29 is 143 Å². The lowest BCUT2D eigenvalue weighted by molar-refractivity contribution is -0.123. The van der Waals surface area contributed by atoms with Crippen molar-refractivity contribution in [3.05, 3.63) is 0 Å². The summed E-state index contributed by atoms with van der Waals surface area (Å²) in [5.74, 6) is 0. The molecule has 28 nitrogen and oxygen atoms in total. The van der Waals surface area contributed by atoms with E-state index in [1.165, 1.54) is 0 Å². The molecule has 0 aliphatic heterocycles. The van der Waals surface area contributed by atoms with E-state index in [4.69, 9.17) is 143 Å². The maximum atomic E-state index is 8.96. The topological polar surface area (TPSA) is 566 Å². The third kappa shape index (κ3) is 40.9. The Labute approximate surface area is 346 Å². The van der Waals surface area contributed by atoms with Gasteiger partial charge in [0.2, 0.25) is 0 Å². The summed E-state index contributed by atoms with van der Waals surface area (Å²) in [6, 6.07) is 0. The minimum Gasteiger partial charge on any atom is -0.397 e. The van der Waals surface area contributed by atoms with Gasteiger partial charge in [-0.3, -0.25) is 0 Å². The number of hydrogen-bond acceptors (Lipinski definition) is 28. The number of unbranched alkanes of at least 4 members (excludes halogenated alkanes) is 1. The van der Waals surface area contributed by atoms with E-state index in [2.05, 4.69) is 0 Å². The zero-order valence-corrected chi connectivity index (χ0v) is 33.5. The Balaban J connectivity index is -0.000000112. The largest absolute Gasteiger partial charge is 0.397 e. The van der Waals surface area contributed by atoms with Crippen LogP contribution in [0, 0.1) is 5.41 Å². The molecule has 0 heterocycles. The maximum absolute atomic E-state index is 8.96. The van der Waals surface area contributed by atoms with Crippen LogP contribution in [0.3, 0.4) is 0 Å². The van der Waals surface area contributed by atoms with Gasteiger partial charge in [-0.2, -0.15) is 0 Å². The summed E-state index contributed by atoms with van der Waals surface area (Å²) in [5, 5.41) is 238. The zero-order valence-electron chi connectivity index (χ0n) is 33.5. The summed E-state index contributed by atoms with van der Waals surface area (Å²) < 4.78 is 0. The molecule has 0 aliphatic rings. The summed E-state index contributed by atoms with van der Waals surface area (Å²) in [5.41, 5.74) is -1.11. The van der Waals surface area contributed by atoms with Crippen molar-refractivity contribution in [3.8, 4) is 0 Å². The molecule has 0 spiro atoms.